The normalized spacial score (nSPS) is 11.8. The lowest BCUT2D eigenvalue weighted by atomic mass is 10.2. The summed E-state index contributed by atoms with van der Waals surface area (Å²) in [5.74, 6) is 0. The van der Waals surface area contributed by atoms with Gasteiger partial charge in [0.2, 0.25) is 0 Å². The highest BCUT2D eigenvalue weighted by atomic mass is 15.4. The average Bonchev–Trinajstić information content (AvgIpc) is 2.93. The van der Waals surface area contributed by atoms with Crippen LogP contribution in [0, 0.1) is 0 Å². The van der Waals surface area contributed by atoms with Crippen LogP contribution in [0.25, 0.3) is 22.3 Å². The van der Waals surface area contributed by atoms with Gasteiger partial charge in [0.05, 0.1) is 5.52 Å². The van der Waals surface area contributed by atoms with Crippen LogP contribution in [0.2, 0.25) is 0 Å². The highest BCUT2D eigenvalue weighted by molar-refractivity contribution is 5.75. The number of allylic oxidation sites excluding steroid dienone is 1. The largest absolute Gasteiger partial charge is 0.327 e. The second kappa shape index (κ2) is 5.44. The van der Waals surface area contributed by atoms with Gasteiger partial charge in [-0.05, 0) is 36.8 Å². The summed E-state index contributed by atoms with van der Waals surface area (Å²) in [6, 6.07) is 11.8. The number of fused-ring (bicyclic) bond motifs is 1. The number of hydrogen-bond acceptors (Lipinski definition) is 3. The Bertz CT molecular complexity index is 943. The fourth-order valence-electron chi connectivity index (χ4n) is 2.51. The molecule has 0 spiro atoms. The Kier molecular flexibility index (Phi) is 3.47. The fraction of sp³-hybridized carbons (Fsp3) is 0.118. The molecule has 5 nitrogen and oxygen atoms in total. The van der Waals surface area contributed by atoms with Crippen molar-refractivity contribution < 1.29 is 0 Å². The van der Waals surface area contributed by atoms with Crippen LogP contribution in [0.1, 0.15) is 12.6 Å². The first kappa shape index (κ1) is 14.0. The minimum Gasteiger partial charge on any atom is -0.327 e. The van der Waals surface area contributed by atoms with Gasteiger partial charge in [-0.25, -0.2) is 9.67 Å². The highest BCUT2D eigenvalue weighted by Gasteiger charge is 2.11. The molecule has 0 aliphatic heterocycles. The van der Waals surface area contributed by atoms with E-state index in [4.69, 9.17) is 0 Å². The monoisotopic (exact) mass is 291 g/mol. The van der Waals surface area contributed by atoms with Crippen molar-refractivity contribution in [3.05, 3.63) is 66.9 Å². The van der Waals surface area contributed by atoms with Gasteiger partial charge >= 0.3 is 0 Å². The molecule has 1 aromatic carbocycles. The smallest absolute Gasteiger partial charge is 0.158 e. The predicted molar refractivity (Wildman–Crippen MR) is 88.3 cm³/mol. The lowest BCUT2D eigenvalue weighted by Crippen LogP contribution is -2.25. The molecular formula is C17H17N5. The van der Waals surface area contributed by atoms with Crippen LogP contribution in [-0.4, -0.2) is 19.6 Å². The second-order valence-electron chi connectivity index (χ2n) is 5.07. The Morgan fingerprint density at radius 2 is 2.00 bits per heavy atom. The van der Waals surface area contributed by atoms with Gasteiger partial charge < -0.3 is 4.57 Å². The Morgan fingerprint density at radius 1 is 1.23 bits per heavy atom. The van der Waals surface area contributed by atoms with Crippen LogP contribution in [0.3, 0.4) is 0 Å². The van der Waals surface area contributed by atoms with Crippen molar-refractivity contribution >= 4 is 16.6 Å². The molecule has 0 bridgehead atoms. The van der Waals surface area contributed by atoms with E-state index in [1.807, 2.05) is 54.9 Å². The van der Waals surface area contributed by atoms with Crippen molar-refractivity contribution in [2.45, 2.75) is 6.92 Å². The van der Waals surface area contributed by atoms with Gasteiger partial charge in [0, 0.05) is 18.9 Å². The molecule has 5 heteroatoms. The number of aromatic nitrogens is 4. The van der Waals surface area contributed by atoms with Crippen LogP contribution < -0.4 is 5.49 Å². The van der Waals surface area contributed by atoms with Crippen molar-refractivity contribution in [2.75, 3.05) is 0 Å². The van der Waals surface area contributed by atoms with Crippen LogP contribution >= 0.6 is 0 Å². The predicted octanol–water partition coefficient (Wildman–Crippen LogP) is 2.84. The summed E-state index contributed by atoms with van der Waals surface area (Å²) in [6.07, 6.45) is 1.53. The van der Waals surface area contributed by atoms with Gasteiger partial charge in [-0.3, -0.25) is 0 Å². The molecule has 0 unspecified atom stereocenters. The van der Waals surface area contributed by atoms with Gasteiger partial charge in [-0.2, -0.15) is 0 Å². The molecule has 0 saturated heterocycles. The molecule has 0 aliphatic rings. The van der Waals surface area contributed by atoms with E-state index in [9.17, 15) is 0 Å². The SMILES string of the molecule is C=C/N=c1/c(-n2nnc3ccccc32)ccc(C(=C)C)n1C. The molecule has 0 amide bonds. The summed E-state index contributed by atoms with van der Waals surface area (Å²) in [7, 11) is 1.95. The van der Waals surface area contributed by atoms with Crippen molar-refractivity contribution in [1.82, 2.24) is 19.6 Å². The first-order valence-corrected chi connectivity index (χ1v) is 6.95. The maximum Gasteiger partial charge on any atom is 0.158 e. The molecular weight excluding hydrogens is 274 g/mol. The lowest BCUT2D eigenvalue weighted by molar-refractivity contribution is 0.757. The Hall–Kier alpha value is -2.95. The van der Waals surface area contributed by atoms with E-state index in [1.54, 1.807) is 4.68 Å². The molecule has 0 saturated carbocycles. The quantitative estimate of drug-likeness (QED) is 0.745. The number of rotatable bonds is 3. The summed E-state index contributed by atoms with van der Waals surface area (Å²) in [6.45, 7) is 9.69. The third kappa shape index (κ3) is 2.16. The molecule has 0 radical (unpaired) electrons. The second-order valence-corrected chi connectivity index (χ2v) is 5.07. The summed E-state index contributed by atoms with van der Waals surface area (Å²) >= 11 is 0. The average molecular weight is 291 g/mol. The minimum atomic E-state index is 0.756. The minimum absolute atomic E-state index is 0.756. The number of hydrogen-bond donors (Lipinski definition) is 0. The van der Waals surface area contributed by atoms with Crippen LogP contribution in [0.15, 0.2) is 60.7 Å². The van der Waals surface area contributed by atoms with Crippen LogP contribution in [-0.2, 0) is 7.05 Å². The zero-order chi connectivity index (χ0) is 15.7. The maximum absolute atomic E-state index is 4.41. The molecule has 0 N–H and O–H groups in total. The third-order valence-corrected chi connectivity index (χ3v) is 3.54. The molecule has 3 aromatic rings. The van der Waals surface area contributed by atoms with Gasteiger partial charge in [-0.1, -0.05) is 30.5 Å². The standard InChI is InChI=1S/C17H17N5/c1-5-18-17-16(11-10-14(12(2)3)21(17)4)22-15-9-7-6-8-13(15)19-20-22/h5-11H,1-2H2,3-4H3/b18-17-. The molecule has 110 valence electrons. The zero-order valence-corrected chi connectivity index (χ0v) is 12.7. The number of nitrogens with zero attached hydrogens (tertiary/aromatic N) is 5. The zero-order valence-electron chi connectivity index (χ0n) is 12.7. The molecule has 22 heavy (non-hydrogen) atoms. The summed E-state index contributed by atoms with van der Waals surface area (Å²) in [5, 5.41) is 8.46. The topological polar surface area (TPSA) is 48.0 Å². The van der Waals surface area contributed by atoms with E-state index in [0.717, 1.165) is 33.5 Å². The number of para-hydroxylation sites is 1. The fourth-order valence-corrected chi connectivity index (χ4v) is 2.51. The van der Waals surface area contributed by atoms with Crippen molar-refractivity contribution in [1.29, 1.82) is 0 Å². The molecule has 0 fully saturated rings. The number of benzene rings is 1. The first-order valence-electron chi connectivity index (χ1n) is 6.95. The van der Waals surface area contributed by atoms with E-state index >= 15 is 0 Å². The first-order chi connectivity index (χ1) is 10.6. The van der Waals surface area contributed by atoms with Gasteiger partial charge in [0.1, 0.15) is 11.2 Å². The molecule has 2 heterocycles. The summed E-state index contributed by atoms with van der Waals surface area (Å²) in [4.78, 5) is 4.41. The van der Waals surface area contributed by atoms with E-state index in [0.29, 0.717) is 0 Å². The van der Waals surface area contributed by atoms with Crippen molar-refractivity contribution in [2.24, 2.45) is 12.0 Å². The number of pyridine rings is 1. The van der Waals surface area contributed by atoms with Crippen LogP contribution in [0.5, 0.6) is 0 Å². The third-order valence-electron chi connectivity index (χ3n) is 3.54. The van der Waals surface area contributed by atoms with Gasteiger partial charge in [-0.15, -0.1) is 5.10 Å². The van der Waals surface area contributed by atoms with Gasteiger partial charge in [0.25, 0.3) is 0 Å². The van der Waals surface area contributed by atoms with Crippen molar-refractivity contribution in [3.8, 4) is 5.69 Å². The Balaban J connectivity index is 2.36. The van der Waals surface area contributed by atoms with Gasteiger partial charge in [0.15, 0.2) is 5.49 Å². The van der Waals surface area contributed by atoms with Crippen LogP contribution in [0.4, 0.5) is 0 Å². The maximum atomic E-state index is 4.41. The van der Waals surface area contributed by atoms with E-state index < -0.39 is 0 Å². The highest BCUT2D eigenvalue weighted by Crippen LogP contribution is 2.15. The molecule has 3 rings (SSSR count). The summed E-state index contributed by atoms with van der Waals surface area (Å²) < 4.78 is 3.77. The van der Waals surface area contributed by atoms with Crippen molar-refractivity contribution in [3.63, 3.8) is 0 Å². The van der Waals surface area contributed by atoms with E-state index in [2.05, 4.69) is 28.5 Å². The Morgan fingerprint density at radius 3 is 2.73 bits per heavy atom. The lowest BCUT2D eigenvalue weighted by Gasteiger charge is -2.12. The Labute approximate surface area is 128 Å². The van der Waals surface area contributed by atoms with E-state index in [-0.39, 0.29) is 0 Å². The summed E-state index contributed by atoms with van der Waals surface area (Å²) in [5.41, 5.74) is 5.36. The van der Waals surface area contributed by atoms with E-state index in [1.165, 1.54) is 6.20 Å². The molecule has 2 aromatic heterocycles. The molecule has 0 aliphatic carbocycles. The molecule has 0 atom stereocenters.